The molecule has 0 radical (unpaired) electrons. The van der Waals surface area contributed by atoms with Crippen molar-refractivity contribution in [2.45, 2.75) is 0 Å². The average Bonchev–Trinajstić information content (AvgIpc) is 1.88. The van der Waals surface area contributed by atoms with E-state index in [4.69, 9.17) is 39.6 Å². The van der Waals surface area contributed by atoms with Crippen molar-refractivity contribution in [3.63, 3.8) is 0 Å². The molecule has 76 valence electrons. The van der Waals surface area contributed by atoms with Crippen molar-refractivity contribution < 1.29 is 163 Å². The van der Waals surface area contributed by atoms with Gasteiger partial charge >= 0.3 is 123 Å². The van der Waals surface area contributed by atoms with Crippen LogP contribution < -0.4 is 123 Å². The van der Waals surface area contributed by atoms with E-state index in [-0.39, 0.29) is 123 Å². The predicted octanol–water partition coefficient (Wildman–Crippen LogP) is -13.0. The molecule has 11 heteroatoms. The summed E-state index contributed by atoms with van der Waals surface area (Å²) < 4.78 is 0. The summed E-state index contributed by atoms with van der Waals surface area (Å²) in [5.74, 6) is -8.74. The van der Waals surface area contributed by atoms with Crippen molar-refractivity contribution in [1.82, 2.24) is 0 Å². The van der Waals surface area contributed by atoms with Gasteiger partial charge in [-0.1, -0.05) is 0 Å². The van der Waals surface area contributed by atoms with Crippen LogP contribution in [0.25, 0.3) is 0 Å². The van der Waals surface area contributed by atoms with Crippen LogP contribution in [0.1, 0.15) is 0 Å². The quantitative estimate of drug-likeness (QED) is 0.304. The fourth-order valence-corrected chi connectivity index (χ4v) is 0. The van der Waals surface area contributed by atoms with Crippen LogP contribution in [-0.4, -0.2) is 23.9 Å². The zero-order chi connectivity index (χ0) is 10.3. The minimum absolute atomic E-state index is 0. The van der Waals surface area contributed by atoms with E-state index in [9.17, 15) is 0 Å². The number of aliphatic carboxylic acids is 4. The molecule has 0 N–H and O–H groups in total. The summed E-state index contributed by atoms with van der Waals surface area (Å²) in [7, 11) is 0. The summed E-state index contributed by atoms with van der Waals surface area (Å²) >= 11 is 0. The van der Waals surface area contributed by atoms with Crippen LogP contribution in [0.15, 0.2) is 0 Å². The van der Waals surface area contributed by atoms with Gasteiger partial charge in [-0.05, 0) is 0 Å². The van der Waals surface area contributed by atoms with E-state index in [0.29, 0.717) is 0 Å². The summed E-state index contributed by atoms with van der Waals surface area (Å²) in [6, 6.07) is 0. The van der Waals surface area contributed by atoms with Gasteiger partial charge < -0.3 is 39.6 Å². The largest absolute Gasteiger partial charge is 2.00 e. The number of hydrogen-bond donors (Lipinski definition) is 0. The molecule has 0 aliphatic carbocycles. The van der Waals surface area contributed by atoms with Gasteiger partial charge in [-0.15, -0.1) is 0 Å². The second-order valence-corrected chi connectivity index (χ2v) is 1.15. The van der Waals surface area contributed by atoms with Gasteiger partial charge in [-0.2, -0.15) is 0 Å². The maximum absolute atomic E-state index is 8.93. The monoisotopic (exact) mass is 360 g/mol. The number of carbonyl (C=O) groups excluding carboxylic acids is 4. The van der Waals surface area contributed by atoms with Gasteiger partial charge in [0.25, 0.3) is 0 Å². The van der Waals surface area contributed by atoms with Crippen molar-refractivity contribution in [3.05, 3.63) is 0 Å². The van der Waals surface area contributed by atoms with Crippen LogP contribution in [0.5, 0.6) is 0 Å². The van der Waals surface area contributed by atoms with Gasteiger partial charge in [0.1, 0.15) is 0 Å². The summed E-state index contributed by atoms with van der Waals surface area (Å²) in [5.41, 5.74) is 0. The van der Waals surface area contributed by atoms with Crippen LogP contribution in [0, 0.1) is 0 Å². The van der Waals surface area contributed by atoms with Crippen LogP contribution in [0.4, 0.5) is 0 Å². The molecule has 0 amide bonds. The Morgan fingerprint density at radius 2 is 0.600 bits per heavy atom. The third kappa shape index (κ3) is 31.3. The minimum atomic E-state index is -2.19. The van der Waals surface area contributed by atoms with Gasteiger partial charge in [-0.3, -0.25) is 0 Å². The third-order valence-corrected chi connectivity index (χ3v) is 0.333. The number of rotatable bonds is 0. The topological polar surface area (TPSA) is 161 Å². The van der Waals surface area contributed by atoms with E-state index >= 15 is 0 Å². The molecule has 15 heavy (non-hydrogen) atoms. The summed E-state index contributed by atoms with van der Waals surface area (Å²) in [5, 5.41) is 35.7. The van der Waals surface area contributed by atoms with Crippen molar-refractivity contribution in [2.24, 2.45) is 0 Å². The Balaban J connectivity index is -0.0000000370. The summed E-state index contributed by atoms with van der Waals surface area (Å²) in [6.45, 7) is 0. The molecule has 0 saturated heterocycles. The standard InChI is InChI=1S/2C2H2O4.2K.Pd/c2*3-1(4)2(5)6;;;/h2*(H,3,4)(H,5,6);;;/q;;2*+1;+2/p-4. The molecule has 0 heterocycles. The Hall–Kier alpha value is 1.82. The van der Waals surface area contributed by atoms with Gasteiger partial charge in [0.15, 0.2) is 0 Å². The van der Waals surface area contributed by atoms with Gasteiger partial charge in [0.2, 0.25) is 0 Å². The fraction of sp³-hybridized carbons (Fsp3) is 0. The molecule has 0 rings (SSSR count). The van der Waals surface area contributed by atoms with E-state index in [1.165, 1.54) is 0 Å². The number of carboxylic acid groups (broad SMARTS) is 4. The first-order chi connectivity index (χ1) is 5.29. The molecule has 0 fully saturated rings. The molecule has 0 spiro atoms. The average molecular weight is 361 g/mol. The van der Waals surface area contributed by atoms with Gasteiger partial charge in [-0.25, -0.2) is 0 Å². The second kappa shape index (κ2) is 18.2. The van der Waals surface area contributed by atoms with E-state index < -0.39 is 23.9 Å². The van der Waals surface area contributed by atoms with E-state index in [1.54, 1.807) is 0 Å². The molecule has 0 aliphatic heterocycles. The van der Waals surface area contributed by atoms with Crippen molar-refractivity contribution in [1.29, 1.82) is 0 Å². The molecule has 0 aromatic carbocycles. The number of carbonyl (C=O) groups is 4. The van der Waals surface area contributed by atoms with E-state index in [1.807, 2.05) is 0 Å². The SMILES string of the molecule is O=C([O-])C(=O)[O-].O=C([O-])C(=O)[O-].[K+].[K+].[Pd+2]. The fourth-order valence-electron chi connectivity index (χ4n) is 0. The molecule has 0 aliphatic rings. The Labute approximate surface area is 182 Å². The molecule has 8 nitrogen and oxygen atoms in total. The molecule has 0 aromatic heterocycles. The molecule has 0 aromatic rings. The van der Waals surface area contributed by atoms with Crippen LogP contribution in [-0.2, 0) is 39.6 Å². The van der Waals surface area contributed by atoms with Gasteiger partial charge in [0, 0.05) is 0 Å². The second-order valence-electron chi connectivity index (χ2n) is 1.15. The van der Waals surface area contributed by atoms with E-state index in [0.717, 1.165) is 0 Å². The molecule has 0 saturated carbocycles. The van der Waals surface area contributed by atoms with Crippen LogP contribution >= 0.6 is 0 Å². The smallest absolute Gasteiger partial charge is 0.543 e. The first-order valence-corrected chi connectivity index (χ1v) is 2.13. The Bertz CT molecular complexity index is 181. The number of hydrogen-bond acceptors (Lipinski definition) is 8. The summed E-state index contributed by atoms with van der Waals surface area (Å²) in [4.78, 5) is 35.7. The summed E-state index contributed by atoms with van der Waals surface area (Å²) in [6.07, 6.45) is 0. The maximum atomic E-state index is 8.93. The third-order valence-electron chi connectivity index (χ3n) is 0.333. The Morgan fingerprint density at radius 1 is 0.533 bits per heavy atom. The molecule has 0 bridgehead atoms. The molecule has 0 atom stereocenters. The maximum Gasteiger partial charge on any atom is 2.00 e. The first-order valence-electron chi connectivity index (χ1n) is 2.13. The van der Waals surface area contributed by atoms with Crippen molar-refractivity contribution in [2.75, 3.05) is 0 Å². The Kier molecular flexibility index (Phi) is 36.5. The normalized spacial score (nSPS) is 5.87. The van der Waals surface area contributed by atoms with Crippen LogP contribution in [0.3, 0.4) is 0 Å². The Morgan fingerprint density at radius 3 is 0.600 bits per heavy atom. The zero-order valence-corrected chi connectivity index (χ0v) is 15.4. The molecule has 0 unspecified atom stereocenters. The van der Waals surface area contributed by atoms with Crippen molar-refractivity contribution >= 4 is 23.9 Å². The first kappa shape index (κ1) is 30.1. The predicted molar refractivity (Wildman–Crippen MR) is 20.0 cm³/mol. The van der Waals surface area contributed by atoms with E-state index in [2.05, 4.69) is 0 Å². The van der Waals surface area contributed by atoms with Crippen molar-refractivity contribution in [3.8, 4) is 0 Å². The minimum Gasteiger partial charge on any atom is -0.543 e. The van der Waals surface area contributed by atoms with Gasteiger partial charge in [0.05, 0.1) is 23.9 Å². The number of carboxylic acids is 4. The van der Waals surface area contributed by atoms with Crippen LogP contribution in [0.2, 0.25) is 0 Å². The molecular formula is C4K2O8Pd. The molecular weight excluding hydrogens is 361 g/mol. The zero-order valence-electron chi connectivity index (χ0n) is 7.58.